The minimum Gasteiger partial charge on any atom is -0.464 e. The van der Waals surface area contributed by atoms with E-state index in [2.05, 4.69) is 13.8 Å². The van der Waals surface area contributed by atoms with Gasteiger partial charge in [-0.25, -0.2) is 0 Å². The van der Waals surface area contributed by atoms with Crippen LogP contribution in [0.5, 0.6) is 0 Å². The van der Waals surface area contributed by atoms with E-state index in [-0.39, 0.29) is 9.04 Å². The molecule has 0 unspecified atom stereocenters. The fourth-order valence-electron chi connectivity index (χ4n) is 0.539. The smallest absolute Gasteiger partial charge is 0.196 e. The van der Waals surface area contributed by atoms with Crippen LogP contribution < -0.4 is 0 Å². The van der Waals surface area contributed by atoms with E-state index in [1.807, 2.05) is 0 Å². The molecule has 3 heteroatoms. The van der Waals surface area contributed by atoms with Gasteiger partial charge in [-0.1, -0.05) is 13.8 Å². The predicted octanol–water partition coefficient (Wildman–Crippen LogP) is 0.315. The maximum atomic E-state index is 5.29. The summed E-state index contributed by atoms with van der Waals surface area (Å²) in [6.07, 6.45) is 0. The maximum absolute atomic E-state index is 5.29. The first-order valence-electron chi connectivity index (χ1n) is 2.73. The van der Waals surface area contributed by atoms with E-state index < -0.39 is 0 Å². The van der Waals surface area contributed by atoms with Crippen LogP contribution in [-0.4, -0.2) is 19.5 Å². The average molecular weight is 133 g/mol. The minimum absolute atomic E-state index is 0.301. The molecule has 0 aromatic rings. The van der Waals surface area contributed by atoms with Gasteiger partial charge in [0.15, 0.2) is 9.04 Å². The van der Waals surface area contributed by atoms with Crippen molar-refractivity contribution in [1.82, 2.24) is 0 Å². The molecule has 0 fully saturated rings. The number of rotatable bonds is 3. The van der Waals surface area contributed by atoms with Crippen LogP contribution >= 0.6 is 0 Å². The fraction of sp³-hybridized carbons (Fsp3) is 1.00. The maximum Gasteiger partial charge on any atom is 0.196 e. The SMILES string of the molecule is CC[Si](CC)O[SiH3]. The average Bonchev–Trinajstić information content (AvgIpc) is 1.72. The molecule has 0 saturated carbocycles. The topological polar surface area (TPSA) is 9.23 Å². The lowest BCUT2D eigenvalue weighted by Gasteiger charge is -2.04. The molecular formula is C4H13OSi2. The van der Waals surface area contributed by atoms with Gasteiger partial charge in [0, 0.05) is 0 Å². The van der Waals surface area contributed by atoms with Crippen LogP contribution in [0.3, 0.4) is 0 Å². The molecule has 1 nitrogen and oxygen atoms in total. The third-order valence-corrected chi connectivity index (χ3v) is 4.96. The van der Waals surface area contributed by atoms with Gasteiger partial charge in [0.05, 0.1) is 0 Å². The van der Waals surface area contributed by atoms with Gasteiger partial charge in [0.25, 0.3) is 0 Å². The Morgan fingerprint density at radius 1 is 1.43 bits per heavy atom. The zero-order valence-corrected chi connectivity index (χ0v) is 8.32. The van der Waals surface area contributed by atoms with Crippen molar-refractivity contribution in [2.24, 2.45) is 0 Å². The number of hydrogen-bond acceptors (Lipinski definition) is 1. The third kappa shape index (κ3) is 3.02. The second kappa shape index (κ2) is 4.55. The highest BCUT2D eigenvalue weighted by atomic mass is 28.3. The summed E-state index contributed by atoms with van der Waals surface area (Å²) in [6.45, 7) is 4.41. The molecule has 0 atom stereocenters. The molecule has 0 aliphatic carbocycles. The Bertz CT molecular complexity index is 31.2. The van der Waals surface area contributed by atoms with Crippen LogP contribution in [0.1, 0.15) is 13.8 Å². The molecule has 0 amide bonds. The lowest BCUT2D eigenvalue weighted by molar-refractivity contribution is 0.629. The first-order chi connectivity index (χ1) is 3.35. The van der Waals surface area contributed by atoms with E-state index in [4.69, 9.17) is 4.12 Å². The monoisotopic (exact) mass is 133 g/mol. The molecule has 0 aliphatic rings. The fourth-order valence-corrected chi connectivity index (χ4v) is 3.35. The normalized spacial score (nSPS) is 10.7. The summed E-state index contributed by atoms with van der Waals surface area (Å²) in [5.41, 5.74) is 0. The first kappa shape index (κ1) is 7.39. The lowest BCUT2D eigenvalue weighted by Crippen LogP contribution is -2.12. The highest BCUT2D eigenvalue weighted by Gasteiger charge is 2.00. The van der Waals surface area contributed by atoms with Crippen molar-refractivity contribution >= 4 is 19.5 Å². The molecule has 0 aliphatic heterocycles. The molecule has 1 radical (unpaired) electrons. The quantitative estimate of drug-likeness (QED) is 0.504. The van der Waals surface area contributed by atoms with E-state index >= 15 is 0 Å². The molecule has 0 rings (SSSR count). The lowest BCUT2D eigenvalue weighted by atomic mass is 11.0. The van der Waals surface area contributed by atoms with Crippen molar-refractivity contribution in [3.05, 3.63) is 0 Å². The Balaban J connectivity index is 2.99. The van der Waals surface area contributed by atoms with Crippen LogP contribution in [0.2, 0.25) is 12.1 Å². The molecular weight excluding hydrogens is 120 g/mol. The Kier molecular flexibility index (Phi) is 4.81. The Hall–Kier alpha value is 0.394. The van der Waals surface area contributed by atoms with Crippen molar-refractivity contribution in [3.63, 3.8) is 0 Å². The summed E-state index contributed by atoms with van der Waals surface area (Å²) < 4.78 is 5.29. The van der Waals surface area contributed by atoms with Gasteiger partial charge in [-0.2, -0.15) is 0 Å². The highest BCUT2D eigenvalue weighted by Crippen LogP contribution is 1.95. The first-order valence-corrected chi connectivity index (χ1v) is 5.37. The summed E-state index contributed by atoms with van der Waals surface area (Å²) in [7, 11) is 0.636. The van der Waals surface area contributed by atoms with Gasteiger partial charge in [-0.05, 0) is 12.1 Å². The van der Waals surface area contributed by atoms with Crippen LogP contribution in [-0.2, 0) is 4.12 Å². The third-order valence-electron chi connectivity index (χ3n) is 1.08. The van der Waals surface area contributed by atoms with Crippen molar-refractivity contribution in [1.29, 1.82) is 0 Å². The summed E-state index contributed by atoms with van der Waals surface area (Å²) >= 11 is 0. The molecule has 0 aromatic carbocycles. The van der Waals surface area contributed by atoms with E-state index in [0.717, 1.165) is 10.5 Å². The van der Waals surface area contributed by atoms with E-state index in [0.29, 0.717) is 0 Å². The van der Waals surface area contributed by atoms with Crippen molar-refractivity contribution in [2.45, 2.75) is 25.9 Å². The predicted molar refractivity (Wildman–Crippen MR) is 37.7 cm³/mol. The van der Waals surface area contributed by atoms with Crippen molar-refractivity contribution in [3.8, 4) is 0 Å². The van der Waals surface area contributed by atoms with Gasteiger partial charge in [0.2, 0.25) is 0 Å². The number of hydrogen-bond donors (Lipinski definition) is 0. The van der Waals surface area contributed by atoms with Gasteiger partial charge in [-0.15, -0.1) is 0 Å². The Morgan fingerprint density at radius 2 is 1.86 bits per heavy atom. The molecule has 43 valence electrons. The van der Waals surface area contributed by atoms with Gasteiger partial charge in [0.1, 0.15) is 10.5 Å². The molecule has 0 N–H and O–H groups in total. The summed E-state index contributed by atoms with van der Waals surface area (Å²) in [6, 6.07) is 2.54. The molecule has 0 saturated heterocycles. The van der Waals surface area contributed by atoms with Crippen LogP contribution in [0.4, 0.5) is 0 Å². The van der Waals surface area contributed by atoms with Crippen molar-refractivity contribution < 1.29 is 4.12 Å². The summed E-state index contributed by atoms with van der Waals surface area (Å²) in [5.74, 6) is 0. The largest absolute Gasteiger partial charge is 0.464 e. The van der Waals surface area contributed by atoms with Crippen LogP contribution in [0, 0.1) is 0 Å². The second-order valence-electron chi connectivity index (χ2n) is 1.45. The van der Waals surface area contributed by atoms with Crippen LogP contribution in [0.25, 0.3) is 0 Å². The molecule has 0 heterocycles. The highest BCUT2D eigenvalue weighted by molar-refractivity contribution is 6.55. The zero-order chi connectivity index (χ0) is 5.70. The Morgan fingerprint density at radius 3 is 1.86 bits per heavy atom. The van der Waals surface area contributed by atoms with Gasteiger partial charge < -0.3 is 4.12 Å². The van der Waals surface area contributed by atoms with Gasteiger partial charge in [-0.3, -0.25) is 0 Å². The van der Waals surface area contributed by atoms with Crippen LogP contribution in [0.15, 0.2) is 0 Å². The van der Waals surface area contributed by atoms with Crippen molar-refractivity contribution in [2.75, 3.05) is 0 Å². The molecule has 7 heavy (non-hydrogen) atoms. The summed E-state index contributed by atoms with van der Waals surface area (Å²) in [5, 5.41) is 0. The van der Waals surface area contributed by atoms with E-state index in [1.165, 1.54) is 12.1 Å². The molecule has 0 bridgehead atoms. The van der Waals surface area contributed by atoms with E-state index in [1.54, 1.807) is 0 Å². The minimum atomic E-state index is -0.301. The summed E-state index contributed by atoms with van der Waals surface area (Å²) in [4.78, 5) is 0. The van der Waals surface area contributed by atoms with Gasteiger partial charge >= 0.3 is 0 Å². The molecule has 0 aromatic heterocycles. The molecule has 0 spiro atoms. The van der Waals surface area contributed by atoms with E-state index in [9.17, 15) is 0 Å². The zero-order valence-electron chi connectivity index (χ0n) is 5.32. The standard InChI is InChI=1S/C4H13OSi2/c1-3-7(4-2)5-6/h3-4H2,1-2,6H3. The Labute approximate surface area is 50.3 Å². The second-order valence-corrected chi connectivity index (χ2v) is 5.57.